The van der Waals surface area contributed by atoms with Gasteiger partial charge in [0.1, 0.15) is 29.1 Å². The molecule has 0 spiro atoms. The van der Waals surface area contributed by atoms with Gasteiger partial charge < -0.3 is 19.7 Å². The number of hydrogen-bond acceptors (Lipinski definition) is 4. The summed E-state index contributed by atoms with van der Waals surface area (Å²) in [6, 6.07) is 20.2. The summed E-state index contributed by atoms with van der Waals surface area (Å²) in [6.07, 6.45) is 1.74. The van der Waals surface area contributed by atoms with Gasteiger partial charge in [-0.3, -0.25) is 4.98 Å². The molecule has 0 bridgehead atoms. The number of thiocarbonyl (C=S) groups is 1. The molecule has 5 nitrogen and oxygen atoms in total. The molecule has 1 saturated heterocycles. The number of aromatic hydroxyl groups is 1. The van der Waals surface area contributed by atoms with Crippen molar-refractivity contribution in [3.63, 3.8) is 0 Å². The number of pyridine rings is 1. The van der Waals surface area contributed by atoms with Gasteiger partial charge in [0.25, 0.3) is 0 Å². The second-order valence-electron chi connectivity index (χ2n) is 7.34. The largest absolute Gasteiger partial charge is 0.508 e. The van der Waals surface area contributed by atoms with Crippen LogP contribution in [0.4, 0.5) is 10.1 Å². The fourth-order valence-corrected chi connectivity index (χ4v) is 4.77. The van der Waals surface area contributed by atoms with Crippen LogP contribution >= 0.6 is 28.1 Å². The van der Waals surface area contributed by atoms with E-state index < -0.39 is 0 Å². The number of anilines is 1. The van der Waals surface area contributed by atoms with E-state index in [0.29, 0.717) is 21.1 Å². The molecule has 0 amide bonds. The lowest BCUT2D eigenvalue weighted by molar-refractivity contribution is 0.439. The summed E-state index contributed by atoms with van der Waals surface area (Å²) in [7, 11) is 0. The van der Waals surface area contributed by atoms with Crippen molar-refractivity contribution in [2.45, 2.75) is 12.1 Å². The minimum atomic E-state index is -0.327. The molecule has 1 fully saturated rings. The number of benzene rings is 2. The van der Waals surface area contributed by atoms with E-state index in [-0.39, 0.29) is 23.7 Å². The smallest absolute Gasteiger partial charge is 0.174 e. The first-order valence-corrected chi connectivity index (χ1v) is 11.1. The van der Waals surface area contributed by atoms with Crippen molar-refractivity contribution in [1.82, 2.24) is 10.3 Å². The van der Waals surface area contributed by atoms with Gasteiger partial charge in [0, 0.05) is 21.9 Å². The molecule has 0 saturated carbocycles. The second-order valence-corrected chi connectivity index (χ2v) is 8.58. The van der Waals surface area contributed by atoms with E-state index in [9.17, 15) is 9.50 Å². The minimum absolute atomic E-state index is 0.172. The number of nitrogens with one attached hydrogen (secondary N) is 1. The molecule has 0 aliphatic carbocycles. The van der Waals surface area contributed by atoms with Crippen LogP contribution in [-0.2, 0) is 0 Å². The molecule has 2 N–H and O–H groups in total. The molecule has 32 heavy (non-hydrogen) atoms. The number of nitrogens with zero attached hydrogens (tertiary/aromatic N) is 2. The maximum absolute atomic E-state index is 13.5. The first-order chi connectivity index (χ1) is 15.5. The molecule has 8 heteroatoms. The lowest BCUT2D eigenvalue weighted by atomic mass is 10.0. The quantitative estimate of drug-likeness (QED) is 0.323. The molecule has 4 aromatic rings. The van der Waals surface area contributed by atoms with Crippen LogP contribution in [-0.4, -0.2) is 15.2 Å². The normalized spacial score (nSPS) is 18.1. The highest BCUT2D eigenvalue weighted by Crippen LogP contribution is 2.43. The zero-order chi connectivity index (χ0) is 22.2. The van der Waals surface area contributed by atoms with Gasteiger partial charge in [-0.15, -0.1) is 0 Å². The first-order valence-electron chi connectivity index (χ1n) is 9.86. The van der Waals surface area contributed by atoms with Crippen molar-refractivity contribution in [2.75, 3.05) is 4.90 Å². The van der Waals surface area contributed by atoms with Crippen molar-refractivity contribution in [2.24, 2.45) is 0 Å². The Morgan fingerprint density at radius 2 is 1.88 bits per heavy atom. The van der Waals surface area contributed by atoms with E-state index in [0.717, 1.165) is 16.9 Å². The number of hydrogen-bond donors (Lipinski definition) is 2. The van der Waals surface area contributed by atoms with E-state index in [1.165, 1.54) is 12.1 Å². The minimum Gasteiger partial charge on any atom is -0.508 e. The summed E-state index contributed by atoms with van der Waals surface area (Å²) in [5.41, 5.74) is 2.38. The summed E-state index contributed by atoms with van der Waals surface area (Å²) < 4.78 is 20.4. The lowest BCUT2D eigenvalue weighted by Gasteiger charge is -2.26. The third kappa shape index (κ3) is 3.76. The molecule has 1 aliphatic rings. The molecule has 2 aromatic heterocycles. The Kier molecular flexibility index (Phi) is 5.40. The Hall–Kier alpha value is -3.23. The van der Waals surface area contributed by atoms with Crippen LogP contribution in [0.15, 0.2) is 87.9 Å². The van der Waals surface area contributed by atoms with Crippen molar-refractivity contribution < 1.29 is 13.9 Å². The number of rotatable bonds is 4. The number of phenols is 1. The average molecular weight is 510 g/mol. The highest BCUT2D eigenvalue weighted by Gasteiger charge is 2.42. The van der Waals surface area contributed by atoms with Crippen molar-refractivity contribution in [1.29, 1.82) is 0 Å². The molecule has 0 unspecified atom stereocenters. The van der Waals surface area contributed by atoms with E-state index in [4.69, 9.17) is 16.6 Å². The molecule has 2 atom stereocenters. The Bertz CT molecular complexity index is 1280. The van der Waals surface area contributed by atoms with Crippen LogP contribution in [0.5, 0.6) is 5.75 Å². The van der Waals surface area contributed by atoms with Gasteiger partial charge in [0.15, 0.2) is 5.11 Å². The SMILES string of the molecule is Oc1ccc(N2C(=S)N[C@@H](c3ccccn3)[C@@H]2c2ccc(-c3ccc(F)cc3Br)o2)cc1. The van der Waals surface area contributed by atoms with E-state index >= 15 is 0 Å². The van der Waals surface area contributed by atoms with E-state index in [1.54, 1.807) is 36.5 Å². The van der Waals surface area contributed by atoms with Gasteiger partial charge in [-0.25, -0.2) is 4.39 Å². The third-order valence-corrected chi connectivity index (χ3v) is 6.31. The number of phenolic OH excluding ortho intramolecular Hbond substituents is 1. The molecular formula is C24H17BrFN3O2S. The Morgan fingerprint density at radius 3 is 2.59 bits per heavy atom. The Balaban J connectivity index is 1.60. The van der Waals surface area contributed by atoms with Crippen LogP contribution in [0.1, 0.15) is 23.5 Å². The molecule has 5 rings (SSSR count). The van der Waals surface area contributed by atoms with E-state index in [2.05, 4.69) is 26.2 Å². The van der Waals surface area contributed by atoms with Gasteiger partial charge in [0.05, 0.1) is 11.7 Å². The van der Waals surface area contributed by atoms with Gasteiger partial charge in [0.2, 0.25) is 0 Å². The lowest BCUT2D eigenvalue weighted by Crippen LogP contribution is -2.29. The standard InChI is InChI=1S/C24H17BrFN3O2S/c25-18-13-14(26)4-9-17(18)20-10-11-21(31-20)23-22(19-3-1-2-12-27-19)28-24(32)29(23)15-5-7-16(30)8-6-15/h1-13,22-23,30H,(H,28,32)/t22-,23-/m0/s1. The fraction of sp³-hybridized carbons (Fsp3) is 0.0833. The maximum atomic E-state index is 13.5. The zero-order valence-electron chi connectivity index (χ0n) is 16.6. The second kappa shape index (κ2) is 8.37. The van der Waals surface area contributed by atoms with Crippen molar-refractivity contribution in [3.8, 4) is 17.1 Å². The maximum Gasteiger partial charge on any atom is 0.174 e. The predicted octanol–water partition coefficient (Wildman–Crippen LogP) is 6.13. The molecular weight excluding hydrogens is 493 g/mol. The number of aromatic nitrogens is 1. The van der Waals surface area contributed by atoms with Crippen LogP contribution in [0, 0.1) is 5.82 Å². The van der Waals surface area contributed by atoms with Crippen molar-refractivity contribution in [3.05, 3.63) is 101 Å². The summed E-state index contributed by atoms with van der Waals surface area (Å²) in [4.78, 5) is 6.48. The molecule has 0 radical (unpaired) electrons. The topological polar surface area (TPSA) is 61.5 Å². The highest BCUT2D eigenvalue weighted by atomic mass is 79.9. The predicted molar refractivity (Wildman–Crippen MR) is 128 cm³/mol. The third-order valence-electron chi connectivity index (χ3n) is 5.34. The van der Waals surface area contributed by atoms with Gasteiger partial charge in [-0.05, 0) is 94.9 Å². The van der Waals surface area contributed by atoms with Crippen LogP contribution < -0.4 is 10.2 Å². The fourth-order valence-electron chi connectivity index (χ4n) is 3.88. The van der Waals surface area contributed by atoms with Gasteiger partial charge in [-0.1, -0.05) is 6.07 Å². The Labute approximate surface area is 197 Å². The van der Waals surface area contributed by atoms with Crippen LogP contribution in [0.2, 0.25) is 0 Å². The summed E-state index contributed by atoms with van der Waals surface area (Å²) in [5.74, 6) is 1.12. The highest BCUT2D eigenvalue weighted by molar-refractivity contribution is 9.10. The van der Waals surface area contributed by atoms with Gasteiger partial charge in [-0.2, -0.15) is 0 Å². The van der Waals surface area contributed by atoms with E-state index in [1.807, 2.05) is 35.2 Å². The zero-order valence-corrected chi connectivity index (χ0v) is 19.0. The number of halogens is 2. The van der Waals surface area contributed by atoms with Crippen LogP contribution in [0.25, 0.3) is 11.3 Å². The van der Waals surface area contributed by atoms with Gasteiger partial charge >= 0.3 is 0 Å². The summed E-state index contributed by atoms with van der Waals surface area (Å²) in [5, 5.41) is 13.6. The monoisotopic (exact) mass is 509 g/mol. The number of furan rings is 1. The summed E-state index contributed by atoms with van der Waals surface area (Å²) >= 11 is 9.09. The molecule has 2 aromatic carbocycles. The molecule has 3 heterocycles. The first kappa shape index (κ1) is 20.7. The molecule has 1 aliphatic heterocycles. The Morgan fingerprint density at radius 1 is 1.06 bits per heavy atom. The average Bonchev–Trinajstić information content (AvgIpc) is 3.39. The van der Waals surface area contributed by atoms with Crippen molar-refractivity contribution >= 4 is 38.9 Å². The van der Waals surface area contributed by atoms with Crippen LogP contribution in [0.3, 0.4) is 0 Å². The molecule has 160 valence electrons. The summed E-state index contributed by atoms with van der Waals surface area (Å²) in [6.45, 7) is 0.